The van der Waals surface area contributed by atoms with Crippen LogP contribution in [0.3, 0.4) is 0 Å². The standard InChI is InChI=1S/C23H30N2O3/c1-5-27-21-12-18-9-10-25(14-19(18)13-22(21)28-6-2)15-23(26)24-20-11-16(3)7-8-17(20)4/h7-8,11-13H,5-6,9-10,14-15H2,1-4H3,(H,24,26). The Bertz CT molecular complexity index is 848. The van der Waals surface area contributed by atoms with Crippen LogP contribution in [0.15, 0.2) is 30.3 Å². The summed E-state index contributed by atoms with van der Waals surface area (Å²) in [5.74, 6) is 1.61. The van der Waals surface area contributed by atoms with E-state index in [9.17, 15) is 4.79 Å². The highest BCUT2D eigenvalue weighted by atomic mass is 16.5. The van der Waals surface area contributed by atoms with Crippen molar-refractivity contribution in [3.63, 3.8) is 0 Å². The monoisotopic (exact) mass is 382 g/mol. The minimum Gasteiger partial charge on any atom is -0.490 e. The van der Waals surface area contributed by atoms with E-state index in [0.29, 0.717) is 19.8 Å². The molecule has 28 heavy (non-hydrogen) atoms. The van der Waals surface area contributed by atoms with Crippen molar-refractivity contribution in [3.8, 4) is 11.5 Å². The first-order valence-corrected chi connectivity index (χ1v) is 10.0. The molecule has 3 rings (SSSR count). The van der Waals surface area contributed by atoms with Gasteiger partial charge in [0, 0.05) is 18.8 Å². The molecule has 0 aromatic heterocycles. The van der Waals surface area contributed by atoms with Crippen LogP contribution in [0.2, 0.25) is 0 Å². The van der Waals surface area contributed by atoms with Crippen molar-refractivity contribution in [2.45, 2.75) is 40.7 Å². The number of hydrogen-bond acceptors (Lipinski definition) is 4. The average Bonchev–Trinajstić information content (AvgIpc) is 2.65. The van der Waals surface area contributed by atoms with E-state index in [1.54, 1.807) is 0 Å². The maximum atomic E-state index is 12.6. The van der Waals surface area contributed by atoms with Gasteiger partial charge in [-0.15, -0.1) is 0 Å². The number of benzene rings is 2. The van der Waals surface area contributed by atoms with E-state index in [-0.39, 0.29) is 5.91 Å². The van der Waals surface area contributed by atoms with Crippen molar-refractivity contribution in [1.82, 2.24) is 4.90 Å². The van der Waals surface area contributed by atoms with Crippen LogP contribution in [0.1, 0.15) is 36.1 Å². The summed E-state index contributed by atoms with van der Waals surface area (Å²) >= 11 is 0. The highest BCUT2D eigenvalue weighted by Crippen LogP contribution is 2.33. The Kier molecular flexibility index (Phi) is 6.57. The first-order chi connectivity index (χ1) is 13.5. The minimum absolute atomic E-state index is 0.0214. The number of rotatable bonds is 7. The Labute approximate surface area is 167 Å². The third kappa shape index (κ3) is 4.84. The number of hydrogen-bond donors (Lipinski definition) is 1. The predicted molar refractivity (Wildman–Crippen MR) is 112 cm³/mol. The molecule has 2 aromatic rings. The van der Waals surface area contributed by atoms with E-state index in [1.165, 1.54) is 11.1 Å². The van der Waals surface area contributed by atoms with E-state index < -0.39 is 0 Å². The Morgan fingerprint density at radius 3 is 2.39 bits per heavy atom. The van der Waals surface area contributed by atoms with E-state index >= 15 is 0 Å². The zero-order valence-electron chi connectivity index (χ0n) is 17.3. The van der Waals surface area contributed by atoms with Gasteiger partial charge in [-0.1, -0.05) is 12.1 Å². The summed E-state index contributed by atoms with van der Waals surface area (Å²) in [4.78, 5) is 14.7. The molecule has 1 heterocycles. The number of nitrogens with zero attached hydrogens (tertiary/aromatic N) is 1. The third-order valence-corrected chi connectivity index (χ3v) is 4.99. The molecule has 0 aliphatic carbocycles. The lowest BCUT2D eigenvalue weighted by Crippen LogP contribution is -2.37. The fourth-order valence-corrected chi connectivity index (χ4v) is 3.56. The molecule has 0 saturated carbocycles. The molecule has 0 fully saturated rings. The molecule has 0 radical (unpaired) electrons. The molecule has 0 spiro atoms. The van der Waals surface area contributed by atoms with Gasteiger partial charge in [-0.2, -0.15) is 0 Å². The molecule has 0 unspecified atom stereocenters. The first-order valence-electron chi connectivity index (χ1n) is 10.0. The Balaban J connectivity index is 1.68. The lowest BCUT2D eigenvalue weighted by atomic mass is 9.98. The molecule has 1 aliphatic rings. The number of nitrogens with one attached hydrogen (secondary N) is 1. The molecule has 5 nitrogen and oxygen atoms in total. The molecule has 0 saturated heterocycles. The highest BCUT2D eigenvalue weighted by molar-refractivity contribution is 5.93. The zero-order valence-corrected chi connectivity index (χ0v) is 17.3. The summed E-state index contributed by atoms with van der Waals surface area (Å²) < 4.78 is 11.5. The van der Waals surface area contributed by atoms with Crippen molar-refractivity contribution in [1.29, 1.82) is 0 Å². The van der Waals surface area contributed by atoms with Gasteiger partial charge in [-0.25, -0.2) is 0 Å². The van der Waals surface area contributed by atoms with Gasteiger partial charge in [0.1, 0.15) is 0 Å². The zero-order chi connectivity index (χ0) is 20.1. The highest BCUT2D eigenvalue weighted by Gasteiger charge is 2.21. The molecular formula is C23H30N2O3. The molecule has 1 aliphatic heterocycles. The van der Waals surface area contributed by atoms with Gasteiger partial charge < -0.3 is 14.8 Å². The number of ether oxygens (including phenoxy) is 2. The second-order valence-corrected chi connectivity index (χ2v) is 7.26. The van der Waals surface area contributed by atoms with Gasteiger partial charge in [-0.3, -0.25) is 9.69 Å². The molecule has 0 bridgehead atoms. The van der Waals surface area contributed by atoms with Gasteiger partial charge in [0.15, 0.2) is 11.5 Å². The maximum absolute atomic E-state index is 12.6. The topological polar surface area (TPSA) is 50.8 Å². The average molecular weight is 383 g/mol. The lowest BCUT2D eigenvalue weighted by Gasteiger charge is -2.29. The van der Waals surface area contributed by atoms with E-state index in [2.05, 4.69) is 28.4 Å². The predicted octanol–water partition coefficient (Wildman–Crippen LogP) is 4.10. The van der Waals surface area contributed by atoms with Gasteiger partial charge in [-0.05, 0) is 74.6 Å². The van der Waals surface area contributed by atoms with Crippen molar-refractivity contribution < 1.29 is 14.3 Å². The number of fused-ring (bicyclic) bond motifs is 1. The van der Waals surface area contributed by atoms with Crippen LogP contribution >= 0.6 is 0 Å². The van der Waals surface area contributed by atoms with Gasteiger partial charge >= 0.3 is 0 Å². The van der Waals surface area contributed by atoms with Crippen LogP contribution in [0.25, 0.3) is 0 Å². The fraction of sp³-hybridized carbons (Fsp3) is 0.435. The van der Waals surface area contributed by atoms with Crippen molar-refractivity contribution in [2.75, 3.05) is 31.6 Å². The van der Waals surface area contributed by atoms with Crippen molar-refractivity contribution in [2.24, 2.45) is 0 Å². The van der Waals surface area contributed by atoms with E-state index in [1.807, 2.05) is 39.8 Å². The summed E-state index contributed by atoms with van der Waals surface area (Å²) in [5.41, 5.74) is 5.59. The number of carbonyl (C=O) groups is 1. The number of carbonyl (C=O) groups excluding carboxylic acids is 1. The second-order valence-electron chi connectivity index (χ2n) is 7.26. The third-order valence-electron chi connectivity index (χ3n) is 4.99. The number of anilines is 1. The molecule has 5 heteroatoms. The Morgan fingerprint density at radius 1 is 1.04 bits per heavy atom. The van der Waals surface area contributed by atoms with Gasteiger partial charge in [0.25, 0.3) is 0 Å². The van der Waals surface area contributed by atoms with Crippen LogP contribution in [0, 0.1) is 13.8 Å². The largest absolute Gasteiger partial charge is 0.490 e. The second kappa shape index (κ2) is 9.11. The first kappa shape index (κ1) is 20.2. The summed E-state index contributed by atoms with van der Waals surface area (Å²) in [6.45, 7) is 11.2. The summed E-state index contributed by atoms with van der Waals surface area (Å²) in [6.07, 6.45) is 0.901. The van der Waals surface area contributed by atoms with Crippen LogP contribution < -0.4 is 14.8 Å². The fourth-order valence-electron chi connectivity index (χ4n) is 3.56. The molecular weight excluding hydrogens is 352 g/mol. The van der Waals surface area contributed by atoms with Crippen LogP contribution in [-0.4, -0.2) is 37.1 Å². The van der Waals surface area contributed by atoms with Crippen molar-refractivity contribution in [3.05, 3.63) is 52.6 Å². The number of amides is 1. The van der Waals surface area contributed by atoms with Crippen LogP contribution in [0.5, 0.6) is 11.5 Å². The van der Waals surface area contributed by atoms with Gasteiger partial charge in [0.2, 0.25) is 5.91 Å². The SMILES string of the molecule is CCOc1cc2c(cc1OCC)CN(CC(=O)Nc1cc(C)ccc1C)CC2. The van der Waals surface area contributed by atoms with Crippen LogP contribution in [-0.2, 0) is 17.8 Å². The van der Waals surface area contributed by atoms with Crippen LogP contribution in [0.4, 0.5) is 5.69 Å². The van der Waals surface area contributed by atoms with E-state index in [4.69, 9.17) is 9.47 Å². The summed E-state index contributed by atoms with van der Waals surface area (Å²) in [6, 6.07) is 10.3. The number of aryl methyl sites for hydroxylation is 2. The molecule has 1 amide bonds. The smallest absolute Gasteiger partial charge is 0.238 e. The molecule has 150 valence electrons. The molecule has 0 atom stereocenters. The van der Waals surface area contributed by atoms with Gasteiger partial charge in [0.05, 0.1) is 19.8 Å². The summed E-state index contributed by atoms with van der Waals surface area (Å²) in [5, 5.41) is 3.05. The van der Waals surface area contributed by atoms with Crippen molar-refractivity contribution >= 4 is 11.6 Å². The molecule has 2 aromatic carbocycles. The minimum atomic E-state index is 0.0214. The van der Waals surface area contributed by atoms with E-state index in [0.717, 1.165) is 47.8 Å². The normalized spacial score (nSPS) is 13.7. The maximum Gasteiger partial charge on any atom is 0.238 e. The quantitative estimate of drug-likeness (QED) is 0.783. The Morgan fingerprint density at radius 2 is 1.71 bits per heavy atom. The Hall–Kier alpha value is -2.53. The lowest BCUT2D eigenvalue weighted by molar-refractivity contribution is -0.117. The molecule has 1 N–H and O–H groups in total. The summed E-state index contributed by atoms with van der Waals surface area (Å²) in [7, 11) is 0.